The molecular formula is C10H18N4O3. The Morgan fingerprint density at radius 3 is 2.88 bits per heavy atom. The summed E-state index contributed by atoms with van der Waals surface area (Å²) in [4.78, 5) is 35.8. The van der Waals surface area contributed by atoms with Crippen molar-refractivity contribution in [2.75, 3.05) is 26.7 Å². The van der Waals surface area contributed by atoms with Crippen molar-refractivity contribution < 1.29 is 14.4 Å². The van der Waals surface area contributed by atoms with Gasteiger partial charge in [0.15, 0.2) is 0 Å². The van der Waals surface area contributed by atoms with Gasteiger partial charge in [0.1, 0.15) is 6.04 Å². The smallest absolute Gasteiger partial charge is 0.314 e. The van der Waals surface area contributed by atoms with Crippen molar-refractivity contribution >= 4 is 17.8 Å². The molecule has 1 atom stereocenters. The summed E-state index contributed by atoms with van der Waals surface area (Å²) in [5, 5.41) is 7.49. The molecule has 0 aliphatic carbocycles. The molecule has 0 aromatic carbocycles. The van der Waals surface area contributed by atoms with Crippen molar-refractivity contribution in [3.8, 4) is 0 Å². The molecule has 1 heterocycles. The lowest BCUT2D eigenvalue weighted by Crippen LogP contribution is -2.49. The van der Waals surface area contributed by atoms with Crippen LogP contribution in [0.25, 0.3) is 0 Å². The Bertz CT molecular complexity index is 319. The average molecular weight is 242 g/mol. The van der Waals surface area contributed by atoms with Crippen molar-refractivity contribution in [2.24, 2.45) is 0 Å². The Kier molecular flexibility index (Phi) is 4.74. The van der Waals surface area contributed by atoms with Crippen LogP contribution in [0, 0.1) is 0 Å². The first-order valence-corrected chi connectivity index (χ1v) is 5.59. The molecule has 1 rings (SSSR count). The van der Waals surface area contributed by atoms with E-state index in [1.165, 1.54) is 11.9 Å². The zero-order valence-electron chi connectivity index (χ0n) is 10.1. The fourth-order valence-electron chi connectivity index (χ4n) is 1.63. The quantitative estimate of drug-likeness (QED) is 0.559. The average Bonchev–Trinajstić information content (AvgIpc) is 2.49. The van der Waals surface area contributed by atoms with Gasteiger partial charge in [0.05, 0.1) is 6.54 Å². The third-order valence-corrected chi connectivity index (χ3v) is 2.67. The lowest BCUT2D eigenvalue weighted by atomic mass is 10.2. The van der Waals surface area contributed by atoms with Gasteiger partial charge in [-0.3, -0.25) is 9.59 Å². The van der Waals surface area contributed by atoms with Crippen molar-refractivity contribution in [1.82, 2.24) is 20.9 Å². The Morgan fingerprint density at radius 2 is 2.24 bits per heavy atom. The second-order valence-corrected chi connectivity index (χ2v) is 3.84. The first-order chi connectivity index (χ1) is 8.06. The van der Waals surface area contributed by atoms with Crippen LogP contribution in [0.1, 0.15) is 13.3 Å². The first-order valence-electron chi connectivity index (χ1n) is 5.59. The van der Waals surface area contributed by atoms with E-state index in [2.05, 4.69) is 16.0 Å². The largest absolute Gasteiger partial charge is 0.354 e. The van der Waals surface area contributed by atoms with Crippen LogP contribution in [-0.2, 0) is 9.59 Å². The number of amides is 4. The molecule has 3 N–H and O–H groups in total. The molecule has 0 spiro atoms. The molecule has 7 nitrogen and oxygen atoms in total. The number of carbonyl (C=O) groups is 3. The third-order valence-electron chi connectivity index (χ3n) is 2.67. The molecule has 0 aromatic rings. The normalized spacial score (nSPS) is 20.2. The highest BCUT2D eigenvalue weighted by Gasteiger charge is 2.27. The van der Waals surface area contributed by atoms with Crippen LogP contribution < -0.4 is 16.0 Å². The second kappa shape index (κ2) is 6.07. The van der Waals surface area contributed by atoms with Crippen LogP contribution in [0.5, 0.6) is 0 Å². The van der Waals surface area contributed by atoms with E-state index in [4.69, 9.17) is 0 Å². The van der Waals surface area contributed by atoms with Crippen LogP contribution >= 0.6 is 0 Å². The molecule has 1 saturated heterocycles. The van der Waals surface area contributed by atoms with Gasteiger partial charge < -0.3 is 20.9 Å². The number of hydrogen-bond acceptors (Lipinski definition) is 3. The van der Waals surface area contributed by atoms with E-state index in [-0.39, 0.29) is 18.4 Å². The molecule has 1 unspecified atom stereocenters. The topological polar surface area (TPSA) is 90.5 Å². The van der Waals surface area contributed by atoms with E-state index in [1.54, 1.807) is 6.92 Å². The molecule has 0 saturated carbocycles. The number of nitrogens with one attached hydrogen (secondary N) is 3. The number of carbonyl (C=O) groups excluding carboxylic acids is 3. The van der Waals surface area contributed by atoms with Crippen LogP contribution in [0.3, 0.4) is 0 Å². The number of rotatable bonds is 2. The molecule has 0 aromatic heterocycles. The molecule has 96 valence electrons. The standard InChI is InChI=1S/C10H18N4O3/c1-7-9(16)12-4-3-5-14(7)8(15)6-13-10(17)11-2/h7H,3-6H2,1-2H3,(H,12,16)(H2,11,13,17). The van der Waals surface area contributed by atoms with E-state index >= 15 is 0 Å². The van der Waals surface area contributed by atoms with Gasteiger partial charge in [-0.05, 0) is 13.3 Å². The summed E-state index contributed by atoms with van der Waals surface area (Å²) in [6.45, 7) is 2.68. The van der Waals surface area contributed by atoms with Gasteiger partial charge in [-0.15, -0.1) is 0 Å². The van der Waals surface area contributed by atoms with Gasteiger partial charge in [-0.25, -0.2) is 4.79 Å². The summed E-state index contributed by atoms with van der Waals surface area (Å²) in [5.41, 5.74) is 0. The molecule has 1 aliphatic heterocycles. The van der Waals surface area contributed by atoms with Crippen molar-refractivity contribution in [3.63, 3.8) is 0 Å². The first kappa shape index (κ1) is 13.3. The maximum Gasteiger partial charge on any atom is 0.314 e. The monoisotopic (exact) mass is 242 g/mol. The van der Waals surface area contributed by atoms with Gasteiger partial charge in [0.25, 0.3) is 0 Å². The predicted octanol–water partition coefficient (Wildman–Crippen LogP) is -1.35. The van der Waals surface area contributed by atoms with Crippen LogP contribution in [0.15, 0.2) is 0 Å². The molecule has 7 heteroatoms. The summed E-state index contributed by atoms with van der Waals surface area (Å²) >= 11 is 0. The van der Waals surface area contributed by atoms with Gasteiger partial charge in [0.2, 0.25) is 11.8 Å². The van der Waals surface area contributed by atoms with Crippen molar-refractivity contribution in [1.29, 1.82) is 0 Å². The SMILES string of the molecule is CNC(=O)NCC(=O)N1CCCNC(=O)C1C. The van der Waals surface area contributed by atoms with Gasteiger partial charge in [-0.1, -0.05) is 0 Å². The summed E-state index contributed by atoms with van der Waals surface area (Å²) in [7, 11) is 1.47. The zero-order valence-corrected chi connectivity index (χ0v) is 10.1. The summed E-state index contributed by atoms with van der Waals surface area (Å²) in [5.74, 6) is -0.408. The molecule has 1 aliphatic rings. The highest BCUT2D eigenvalue weighted by atomic mass is 16.2. The van der Waals surface area contributed by atoms with Gasteiger partial charge >= 0.3 is 6.03 Å². The molecule has 17 heavy (non-hydrogen) atoms. The summed E-state index contributed by atoms with van der Waals surface area (Å²) < 4.78 is 0. The molecular weight excluding hydrogens is 224 g/mol. The van der Waals surface area contributed by atoms with Crippen LogP contribution in [0.4, 0.5) is 4.79 Å². The highest BCUT2D eigenvalue weighted by Crippen LogP contribution is 2.04. The molecule has 4 amide bonds. The Hall–Kier alpha value is -1.79. The number of urea groups is 1. The summed E-state index contributed by atoms with van der Waals surface area (Å²) in [6, 6.07) is -0.901. The minimum Gasteiger partial charge on any atom is -0.354 e. The number of nitrogens with zero attached hydrogens (tertiary/aromatic N) is 1. The van der Waals surface area contributed by atoms with Gasteiger partial charge in [0, 0.05) is 20.1 Å². The van der Waals surface area contributed by atoms with Crippen molar-refractivity contribution in [3.05, 3.63) is 0 Å². The Morgan fingerprint density at radius 1 is 1.53 bits per heavy atom. The third kappa shape index (κ3) is 3.61. The fraction of sp³-hybridized carbons (Fsp3) is 0.700. The Balaban J connectivity index is 2.54. The van der Waals surface area contributed by atoms with E-state index in [9.17, 15) is 14.4 Å². The van der Waals surface area contributed by atoms with Crippen LogP contribution in [-0.4, -0.2) is 55.5 Å². The van der Waals surface area contributed by atoms with E-state index < -0.39 is 12.1 Å². The minimum atomic E-state index is -0.489. The number of hydrogen-bond donors (Lipinski definition) is 3. The maximum atomic E-state index is 11.8. The zero-order chi connectivity index (χ0) is 12.8. The molecule has 0 radical (unpaired) electrons. The van der Waals surface area contributed by atoms with Gasteiger partial charge in [-0.2, -0.15) is 0 Å². The highest BCUT2D eigenvalue weighted by molar-refractivity contribution is 5.90. The predicted molar refractivity (Wildman–Crippen MR) is 61.3 cm³/mol. The lowest BCUT2D eigenvalue weighted by molar-refractivity contribution is -0.138. The Labute approximate surface area is 99.9 Å². The van der Waals surface area contributed by atoms with E-state index in [1.807, 2.05) is 0 Å². The second-order valence-electron chi connectivity index (χ2n) is 3.84. The lowest BCUT2D eigenvalue weighted by Gasteiger charge is -2.25. The molecule has 0 bridgehead atoms. The van der Waals surface area contributed by atoms with E-state index in [0.29, 0.717) is 13.1 Å². The maximum absolute atomic E-state index is 11.8. The minimum absolute atomic E-state index is 0.0999. The van der Waals surface area contributed by atoms with E-state index in [0.717, 1.165) is 6.42 Å². The van der Waals surface area contributed by atoms with Crippen LogP contribution in [0.2, 0.25) is 0 Å². The molecule has 1 fully saturated rings. The summed E-state index contributed by atoms with van der Waals surface area (Å²) in [6.07, 6.45) is 0.724. The van der Waals surface area contributed by atoms with Crippen molar-refractivity contribution in [2.45, 2.75) is 19.4 Å². The fourth-order valence-corrected chi connectivity index (χ4v) is 1.63.